The molecule has 0 aromatic carbocycles. The number of hydrogen-bond acceptors (Lipinski definition) is 3. The van der Waals surface area contributed by atoms with Crippen molar-refractivity contribution in [3.63, 3.8) is 0 Å². The van der Waals surface area contributed by atoms with Gasteiger partial charge in [-0.2, -0.15) is 0 Å². The normalized spacial score (nSPS) is 29.8. The fourth-order valence-corrected chi connectivity index (χ4v) is 1.23. The summed E-state index contributed by atoms with van der Waals surface area (Å²) in [7, 11) is 0. The van der Waals surface area contributed by atoms with Gasteiger partial charge in [0.1, 0.15) is 6.10 Å². The number of rotatable bonds is 3. The minimum absolute atomic E-state index is 0.00231. The molecule has 0 spiro atoms. The van der Waals surface area contributed by atoms with Gasteiger partial charge in [0.25, 0.3) is 0 Å². The minimum atomic E-state index is -0.414. The monoisotopic (exact) mass is 159 g/mol. The average Bonchev–Trinajstić information content (AvgIpc) is 2.32. The van der Waals surface area contributed by atoms with E-state index in [0.29, 0.717) is 0 Å². The summed E-state index contributed by atoms with van der Waals surface area (Å²) in [4.78, 5) is 10.7. The Labute approximate surface area is 65.5 Å². The molecule has 0 radical (unpaired) electrons. The Bertz CT molecular complexity index is 149. The second kappa shape index (κ2) is 3.57. The zero-order chi connectivity index (χ0) is 8.27. The van der Waals surface area contributed by atoms with Crippen LogP contribution in [0.4, 0.5) is 4.79 Å². The first kappa shape index (κ1) is 8.33. The lowest BCUT2D eigenvalue weighted by Gasteiger charge is -2.12. The summed E-state index contributed by atoms with van der Waals surface area (Å²) in [5, 5.41) is 11.4. The van der Waals surface area contributed by atoms with E-state index in [-0.39, 0.29) is 18.8 Å². The zero-order valence-corrected chi connectivity index (χ0v) is 6.54. The molecule has 4 heteroatoms. The van der Waals surface area contributed by atoms with Gasteiger partial charge in [-0.25, -0.2) is 4.79 Å². The molecular formula is C7H13NO3. The quantitative estimate of drug-likeness (QED) is 0.620. The first-order valence-corrected chi connectivity index (χ1v) is 3.86. The van der Waals surface area contributed by atoms with Gasteiger partial charge in [0.15, 0.2) is 0 Å². The molecule has 11 heavy (non-hydrogen) atoms. The van der Waals surface area contributed by atoms with Gasteiger partial charge >= 0.3 is 6.09 Å². The van der Waals surface area contributed by atoms with E-state index in [4.69, 9.17) is 9.84 Å². The third-order valence-electron chi connectivity index (χ3n) is 1.79. The molecule has 1 aliphatic heterocycles. The second-order valence-electron chi connectivity index (χ2n) is 2.67. The van der Waals surface area contributed by atoms with Crippen LogP contribution in [0.15, 0.2) is 0 Å². The molecule has 1 fully saturated rings. The number of aliphatic hydroxyl groups is 1. The largest absolute Gasteiger partial charge is 0.442 e. The van der Waals surface area contributed by atoms with Crippen LogP contribution in [0.5, 0.6) is 0 Å². The van der Waals surface area contributed by atoms with E-state index in [0.717, 1.165) is 12.8 Å². The number of hydrogen-bond donors (Lipinski definition) is 2. The van der Waals surface area contributed by atoms with E-state index in [9.17, 15) is 4.79 Å². The maximum Gasteiger partial charge on any atom is 0.407 e. The molecule has 1 saturated heterocycles. The van der Waals surface area contributed by atoms with Crippen LogP contribution in [0.25, 0.3) is 0 Å². The molecule has 1 amide bonds. The van der Waals surface area contributed by atoms with Gasteiger partial charge in [0.2, 0.25) is 0 Å². The molecular weight excluding hydrogens is 146 g/mol. The molecule has 1 rings (SSSR count). The van der Waals surface area contributed by atoms with Crippen molar-refractivity contribution >= 4 is 6.09 Å². The number of carbonyl (C=O) groups is 1. The Morgan fingerprint density at radius 1 is 1.73 bits per heavy atom. The number of cyclic esters (lactones) is 1. The third-order valence-corrected chi connectivity index (χ3v) is 1.79. The van der Waals surface area contributed by atoms with Gasteiger partial charge in [-0.05, 0) is 6.42 Å². The van der Waals surface area contributed by atoms with E-state index in [2.05, 4.69) is 5.32 Å². The summed E-state index contributed by atoms with van der Waals surface area (Å²) >= 11 is 0. The molecule has 2 N–H and O–H groups in total. The van der Waals surface area contributed by atoms with Crippen molar-refractivity contribution in [3.8, 4) is 0 Å². The number of carbonyl (C=O) groups excluding carboxylic acids is 1. The molecule has 0 aliphatic carbocycles. The Balaban J connectivity index is 2.43. The van der Waals surface area contributed by atoms with Crippen LogP contribution in [0.3, 0.4) is 0 Å². The van der Waals surface area contributed by atoms with Gasteiger partial charge in [-0.3, -0.25) is 0 Å². The Hall–Kier alpha value is -0.770. The second-order valence-corrected chi connectivity index (χ2v) is 2.67. The van der Waals surface area contributed by atoms with Gasteiger partial charge in [0.05, 0.1) is 12.6 Å². The summed E-state index contributed by atoms with van der Waals surface area (Å²) in [5.74, 6) is 0. The molecule has 0 unspecified atom stereocenters. The fraction of sp³-hybridized carbons (Fsp3) is 0.857. The molecule has 2 atom stereocenters. The maximum absolute atomic E-state index is 10.7. The van der Waals surface area contributed by atoms with Gasteiger partial charge in [0, 0.05) is 0 Å². The average molecular weight is 159 g/mol. The molecule has 64 valence electrons. The van der Waals surface area contributed by atoms with Crippen LogP contribution in [0.1, 0.15) is 19.8 Å². The van der Waals surface area contributed by atoms with E-state index < -0.39 is 6.09 Å². The summed E-state index contributed by atoms with van der Waals surface area (Å²) < 4.78 is 4.78. The van der Waals surface area contributed by atoms with Crippen molar-refractivity contribution in [1.29, 1.82) is 0 Å². The molecule has 1 aliphatic rings. The zero-order valence-electron chi connectivity index (χ0n) is 6.54. The lowest BCUT2D eigenvalue weighted by Crippen LogP contribution is -2.33. The number of nitrogens with one attached hydrogen (secondary N) is 1. The summed E-state index contributed by atoms with van der Waals surface area (Å²) in [6.45, 7) is 1.93. The van der Waals surface area contributed by atoms with Crippen molar-refractivity contribution in [2.24, 2.45) is 0 Å². The predicted octanol–water partition coefficient (Wildman–Crippen LogP) is 0.256. The highest BCUT2D eigenvalue weighted by atomic mass is 16.6. The summed E-state index contributed by atoms with van der Waals surface area (Å²) in [5.41, 5.74) is 0. The molecule has 0 bridgehead atoms. The summed E-state index contributed by atoms with van der Waals surface area (Å²) in [6, 6.07) is -0.00231. The molecule has 0 aromatic rings. The Morgan fingerprint density at radius 2 is 2.45 bits per heavy atom. The number of aliphatic hydroxyl groups excluding tert-OH is 1. The van der Waals surface area contributed by atoms with Crippen molar-refractivity contribution in [3.05, 3.63) is 0 Å². The van der Waals surface area contributed by atoms with Crippen LogP contribution >= 0.6 is 0 Å². The van der Waals surface area contributed by atoms with Crippen molar-refractivity contribution in [2.75, 3.05) is 6.61 Å². The number of ether oxygens (including phenoxy) is 1. The topological polar surface area (TPSA) is 58.6 Å². The third kappa shape index (κ3) is 1.83. The van der Waals surface area contributed by atoms with Crippen LogP contribution in [0, 0.1) is 0 Å². The van der Waals surface area contributed by atoms with Crippen molar-refractivity contribution < 1.29 is 14.6 Å². The maximum atomic E-state index is 10.7. The molecule has 0 aromatic heterocycles. The highest BCUT2D eigenvalue weighted by molar-refractivity contribution is 5.70. The highest BCUT2D eigenvalue weighted by Gasteiger charge is 2.32. The Morgan fingerprint density at radius 3 is 3.00 bits per heavy atom. The lowest BCUT2D eigenvalue weighted by molar-refractivity contribution is 0.0815. The number of alkyl carbamates (subject to hydrolysis) is 1. The van der Waals surface area contributed by atoms with Crippen molar-refractivity contribution in [1.82, 2.24) is 5.32 Å². The van der Waals surface area contributed by atoms with Gasteiger partial charge < -0.3 is 15.2 Å². The fourth-order valence-electron chi connectivity index (χ4n) is 1.23. The first-order chi connectivity index (χ1) is 5.27. The smallest absolute Gasteiger partial charge is 0.407 e. The standard InChI is InChI=1S/C7H13NO3/c1-2-3-5-6(4-9)11-7(10)8-5/h5-6,9H,2-4H2,1H3,(H,8,10)/t5-,6+/m0/s1. The van der Waals surface area contributed by atoms with Crippen LogP contribution in [0.2, 0.25) is 0 Å². The van der Waals surface area contributed by atoms with Crippen molar-refractivity contribution in [2.45, 2.75) is 31.9 Å². The minimum Gasteiger partial charge on any atom is -0.442 e. The Kier molecular flexibility index (Phi) is 2.70. The molecule has 0 saturated carbocycles. The number of amides is 1. The van der Waals surface area contributed by atoms with E-state index >= 15 is 0 Å². The molecule has 1 heterocycles. The van der Waals surface area contributed by atoms with E-state index in [1.54, 1.807) is 0 Å². The van der Waals surface area contributed by atoms with Gasteiger partial charge in [-0.15, -0.1) is 0 Å². The van der Waals surface area contributed by atoms with Crippen LogP contribution < -0.4 is 5.32 Å². The summed E-state index contributed by atoms with van der Waals surface area (Å²) in [6.07, 6.45) is 1.08. The predicted molar refractivity (Wildman–Crippen MR) is 39.2 cm³/mol. The van der Waals surface area contributed by atoms with Crippen LogP contribution in [-0.4, -0.2) is 30.0 Å². The first-order valence-electron chi connectivity index (χ1n) is 3.86. The lowest BCUT2D eigenvalue weighted by atomic mass is 10.1. The van der Waals surface area contributed by atoms with E-state index in [1.807, 2.05) is 6.92 Å². The van der Waals surface area contributed by atoms with Gasteiger partial charge in [-0.1, -0.05) is 13.3 Å². The van der Waals surface area contributed by atoms with E-state index in [1.165, 1.54) is 0 Å². The van der Waals surface area contributed by atoms with Crippen LogP contribution in [-0.2, 0) is 4.74 Å². The SMILES string of the molecule is CCC[C@@H]1NC(=O)O[C@@H]1CO. The highest BCUT2D eigenvalue weighted by Crippen LogP contribution is 2.12. The molecule has 4 nitrogen and oxygen atoms in total.